The first-order valence-corrected chi connectivity index (χ1v) is 9.53. The third kappa shape index (κ3) is 1.89. The van der Waals surface area contributed by atoms with Gasteiger partial charge in [0, 0.05) is 11.8 Å². The van der Waals surface area contributed by atoms with E-state index in [4.69, 9.17) is 6.42 Å². The summed E-state index contributed by atoms with van der Waals surface area (Å²) in [6, 6.07) is 0. The Kier molecular flexibility index (Phi) is 3.50. The summed E-state index contributed by atoms with van der Waals surface area (Å²) in [5.41, 5.74) is -1.12. The number of terminal acetylenes is 1. The molecule has 3 N–H and O–H groups in total. The molecule has 0 amide bonds. The summed E-state index contributed by atoms with van der Waals surface area (Å²) < 4.78 is 0. The van der Waals surface area contributed by atoms with Gasteiger partial charge in [0.25, 0.3) is 0 Å². The molecule has 4 rings (SSSR count). The summed E-state index contributed by atoms with van der Waals surface area (Å²) in [7, 11) is 0. The van der Waals surface area contributed by atoms with Crippen LogP contribution in [-0.4, -0.2) is 32.8 Å². The van der Waals surface area contributed by atoms with Crippen LogP contribution >= 0.6 is 0 Å². The fraction of sp³-hybridized carbons (Fsp3) is 0.762. The zero-order chi connectivity index (χ0) is 18.2. The van der Waals surface area contributed by atoms with E-state index in [1.807, 2.05) is 6.92 Å². The van der Waals surface area contributed by atoms with Crippen LogP contribution in [0.3, 0.4) is 0 Å². The monoisotopic (exact) mass is 344 g/mol. The zero-order valence-corrected chi connectivity index (χ0v) is 15.1. The fourth-order valence-electron chi connectivity index (χ4n) is 6.97. The Labute approximate surface area is 149 Å². The molecular formula is C21H28O4. The van der Waals surface area contributed by atoms with E-state index >= 15 is 0 Å². The Hall–Kier alpha value is -1.31. The van der Waals surface area contributed by atoms with Gasteiger partial charge in [-0.25, -0.2) is 0 Å². The smallest absolute Gasteiger partial charge is 0.197 e. The van der Waals surface area contributed by atoms with Crippen LogP contribution in [-0.2, 0) is 4.79 Å². The molecule has 4 heteroatoms. The molecule has 0 aromatic carbocycles. The molecule has 2 unspecified atom stereocenters. The van der Waals surface area contributed by atoms with Gasteiger partial charge in [-0.2, -0.15) is 0 Å². The van der Waals surface area contributed by atoms with Crippen molar-refractivity contribution >= 4 is 5.78 Å². The number of aliphatic hydroxyl groups excluding tert-OH is 2. The van der Waals surface area contributed by atoms with Gasteiger partial charge in [0.2, 0.25) is 0 Å². The molecule has 0 heterocycles. The van der Waals surface area contributed by atoms with Crippen LogP contribution in [0.2, 0.25) is 0 Å². The molecule has 136 valence electrons. The molecule has 4 aliphatic rings. The molecule has 0 aliphatic heterocycles. The van der Waals surface area contributed by atoms with Crippen molar-refractivity contribution in [2.45, 2.75) is 70.5 Å². The lowest BCUT2D eigenvalue weighted by Crippen LogP contribution is -2.56. The van der Waals surface area contributed by atoms with Crippen LogP contribution in [0.1, 0.15) is 58.8 Å². The van der Waals surface area contributed by atoms with Crippen LogP contribution in [0.15, 0.2) is 11.3 Å². The largest absolute Gasteiger partial charge is 0.504 e. The second kappa shape index (κ2) is 5.11. The molecule has 3 saturated carbocycles. The lowest BCUT2D eigenvalue weighted by atomic mass is 9.46. The maximum Gasteiger partial charge on any atom is 0.197 e. The molecule has 0 saturated heterocycles. The summed E-state index contributed by atoms with van der Waals surface area (Å²) in [5, 5.41) is 31.9. The number of fused-ring (bicyclic) bond motifs is 5. The number of hydrogen-bond donors (Lipinski definition) is 3. The second-order valence-electron chi connectivity index (χ2n) is 9.20. The highest BCUT2D eigenvalue weighted by Crippen LogP contribution is 2.67. The first-order valence-electron chi connectivity index (χ1n) is 9.53. The minimum atomic E-state index is -1.45. The van der Waals surface area contributed by atoms with Crippen LogP contribution in [0.25, 0.3) is 0 Å². The maximum atomic E-state index is 12.0. The van der Waals surface area contributed by atoms with Crippen molar-refractivity contribution in [3.05, 3.63) is 11.3 Å². The van der Waals surface area contributed by atoms with E-state index in [-0.39, 0.29) is 22.9 Å². The SMILES string of the molecule is C#CC1(O)C(O)C[C@H]2[C@@H]3CCC4=C(O)C(=O)CC[C@]4(C)[C@@H]3CC[C@@]21C. The first kappa shape index (κ1) is 17.1. The van der Waals surface area contributed by atoms with Gasteiger partial charge in [-0.05, 0) is 67.3 Å². The number of rotatable bonds is 0. The molecule has 0 aromatic heterocycles. The van der Waals surface area contributed by atoms with Crippen LogP contribution in [0.5, 0.6) is 0 Å². The van der Waals surface area contributed by atoms with E-state index in [0.717, 1.165) is 37.7 Å². The van der Waals surface area contributed by atoms with Gasteiger partial charge in [-0.3, -0.25) is 4.79 Å². The Morgan fingerprint density at radius 3 is 2.56 bits per heavy atom. The van der Waals surface area contributed by atoms with Crippen molar-refractivity contribution in [3.8, 4) is 12.3 Å². The Balaban J connectivity index is 1.74. The highest BCUT2D eigenvalue weighted by atomic mass is 16.3. The predicted molar refractivity (Wildman–Crippen MR) is 93.5 cm³/mol. The van der Waals surface area contributed by atoms with Gasteiger partial charge in [0.15, 0.2) is 17.1 Å². The molecule has 0 spiro atoms. The second-order valence-corrected chi connectivity index (χ2v) is 9.20. The lowest BCUT2D eigenvalue weighted by Gasteiger charge is -2.58. The standard InChI is InChI=1S/C21H28O4/c1-4-21(25)17(23)11-15-12-5-6-14-18(24)16(22)8-9-19(14,2)13(12)7-10-20(15,21)3/h1,12-13,15,17,23-25H,5-11H2,2-3H3/t12-,13-,15+,17?,19-,20+,21?/m1/s1. The average Bonchev–Trinajstić information content (AvgIpc) is 2.79. The first-order chi connectivity index (χ1) is 11.7. The van der Waals surface area contributed by atoms with Crippen molar-refractivity contribution in [2.75, 3.05) is 0 Å². The quantitative estimate of drug-likeness (QED) is 0.591. The summed E-state index contributed by atoms with van der Waals surface area (Å²) in [5.74, 6) is 3.32. The minimum Gasteiger partial charge on any atom is -0.504 e. The fourth-order valence-corrected chi connectivity index (χ4v) is 6.97. The predicted octanol–water partition coefficient (Wildman–Crippen LogP) is 2.74. The van der Waals surface area contributed by atoms with Gasteiger partial charge >= 0.3 is 0 Å². The van der Waals surface area contributed by atoms with Gasteiger partial charge < -0.3 is 15.3 Å². The minimum absolute atomic E-state index is 0.00659. The third-order valence-corrected chi connectivity index (χ3v) is 8.53. The van der Waals surface area contributed by atoms with Gasteiger partial charge in [-0.15, -0.1) is 6.42 Å². The van der Waals surface area contributed by atoms with Crippen molar-refractivity contribution in [2.24, 2.45) is 28.6 Å². The maximum absolute atomic E-state index is 12.0. The van der Waals surface area contributed by atoms with Crippen molar-refractivity contribution in [1.29, 1.82) is 0 Å². The molecule has 0 radical (unpaired) electrons. The van der Waals surface area contributed by atoms with E-state index in [0.29, 0.717) is 24.7 Å². The number of allylic oxidation sites excluding steroid dienone is 1. The molecule has 4 nitrogen and oxygen atoms in total. The van der Waals surface area contributed by atoms with E-state index in [2.05, 4.69) is 12.8 Å². The molecular weight excluding hydrogens is 316 g/mol. The summed E-state index contributed by atoms with van der Waals surface area (Å²) in [6.45, 7) is 4.24. The van der Waals surface area contributed by atoms with Crippen molar-refractivity contribution in [3.63, 3.8) is 0 Å². The Bertz CT molecular complexity index is 703. The summed E-state index contributed by atoms with van der Waals surface area (Å²) in [4.78, 5) is 12.0. The van der Waals surface area contributed by atoms with Gasteiger partial charge in [0.05, 0.1) is 6.10 Å². The molecule has 7 atom stereocenters. The van der Waals surface area contributed by atoms with E-state index in [1.165, 1.54) is 0 Å². The average molecular weight is 344 g/mol. The van der Waals surface area contributed by atoms with E-state index in [1.54, 1.807) is 0 Å². The van der Waals surface area contributed by atoms with Gasteiger partial charge in [0.1, 0.15) is 0 Å². The van der Waals surface area contributed by atoms with E-state index < -0.39 is 17.1 Å². The normalized spacial score (nSPS) is 52.2. The van der Waals surface area contributed by atoms with Crippen molar-refractivity contribution in [1.82, 2.24) is 0 Å². The molecule has 4 aliphatic carbocycles. The highest BCUT2D eigenvalue weighted by molar-refractivity contribution is 5.95. The number of hydrogen-bond acceptors (Lipinski definition) is 4. The number of carbonyl (C=O) groups excluding carboxylic acids is 1. The van der Waals surface area contributed by atoms with Crippen LogP contribution in [0.4, 0.5) is 0 Å². The van der Waals surface area contributed by atoms with E-state index in [9.17, 15) is 20.1 Å². The molecule has 0 bridgehead atoms. The molecule has 0 aromatic rings. The number of aliphatic hydroxyl groups is 3. The third-order valence-electron chi connectivity index (χ3n) is 8.53. The summed E-state index contributed by atoms with van der Waals surface area (Å²) in [6.07, 6.45) is 9.81. The summed E-state index contributed by atoms with van der Waals surface area (Å²) >= 11 is 0. The molecule has 25 heavy (non-hydrogen) atoms. The Morgan fingerprint density at radius 2 is 1.88 bits per heavy atom. The zero-order valence-electron chi connectivity index (χ0n) is 15.1. The lowest BCUT2D eigenvalue weighted by molar-refractivity contribution is -0.128. The highest BCUT2D eigenvalue weighted by Gasteiger charge is 2.67. The van der Waals surface area contributed by atoms with Crippen LogP contribution in [0, 0.1) is 40.9 Å². The Morgan fingerprint density at radius 1 is 1.16 bits per heavy atom. The number of Topliss-reactive ketones (excluding diaryl/α,β-unsaturated/α-hetero) is 1. The number of carbonyl (C=O) groups is 1. The number of ketones is 1. The molecule has 3 fully saturated rings. The van der Waals surface area contributed by atoms with Crippen LogP contribution < -0.4 is 0 Å². The topological polar surface area (TPSA) is 77.8 Å². The van der Waals surface area contributed by atoms with Gasteiger partial charge in [-0.1, -0.05) is 19.8 Å². The van der Waals surface area contributed by atoms with Crippen molar-refractivity contribution < 1.29 is 20.1 Å².